The van der Waals surface area contributed by atoms with E-state index in [2.05, 4.69) is 13.2 Å². The van der Waals surface area contributed by atoms with E-state index in [4.69, 9.17) is 27.9 Å². The lowest BCUT2D eigenvalue weighted by Crippen LogP contribution is -2.16. The summed E-state index contributed by atoms with van der Waals surface area (Å²) in [6, 6.07) is 0. The third-order valence-electron chi connectivity index (χ3n) is 1.60. The molecule has 0 bridgehead atoms. The Morgan fingerprint density at radius 3 is 1.62 bits per heavy atom. The molecule has 0 heterocycles. The summed E-state index contributed by atoms with van der Waals surface area (Å²) < 4.78 is 5.29. The minimum absolute atomic E-state index is 0.131. The summed E-state index contributed by atoms with van der Waals surface area (Å²) >= 11 is 11.8. The van der Waals surface area contributed by atoms with Crippen LogP contribution in [0.1, 0.15) is 13.8 Å². The second-order valence-electron chi connectivity index (χ2n) is 3.17. The van der Waals surface area contributed by atoms with Gasteiger partial charge >= 0.3 is 0 Å². The van der Waals surface area contributed by atoms with Crippen LogP contribution < -0.4 is 0 Å². The summed E-state index contributed by atoms with van der Waals surface area (Å²) in [5, 5.41) is -0.261. The summed E-state index contributed by atoms with van der Waals surface area (Å²) in [6.07, 6.45) is 0. The minimum Gasteiger partial charge on any atom is -0.378 e. The predicted molar refractivity (Wildman–Crippen MR) is 59.7 cm³/mol. The average molecular weight is 223 g/mol. The molecule has 0 aliphatic carbocycles. The molecular formula is C10H16Cl2O. The summed E-state index contributed by atoms with van der Waals surface area (Å²) in [4.78, 5) is 0. The summed E-state index contributed by atoms with van der Waals surface area (Å²) in [5.41, 5.74) is 1.81. The average Bonchev–Trinajstić information content (AvgIpc) is 2.03. The van der Waals surface area contributed by atoms with Gasteiger partial charge in [-0.3, -0.25) is 0 Å². The summed E-state index contributed by atoms with van der Waals surface area (Å²) in [7, 11) is 0. The van der Waals surface area contributed by atoms with E-state index < -0.39 is 0 Å². The normalized spacial score (nSPS) is 15.1. The van der Waals surface area contributed by atoms with Crippen molar-refractivity contribution in [2.75, 3.05) is 13.2 Å². The highest BCUT2D eigenvalue weighted by atomic mass is 35.5. The van der Waals surface area contributed by atoms with E-state index in [0.29, 0.717) is 13.2 Å². The van der Waals surface area contributed by atoms with E-state index in [0.717, 1.165) is 11.1 Å². The van der Waals surface area contributed by atoms with Gasteiger partial charge in [-0.1, -0.05) is 24.3 Å². The maximum Gasteiger partial charge on any atom is 0.0773 e. The number of hydrogen-bond acceptors (Lipinski definition) is 1. The lowest BCUT2D eigenvalue weighted by molar-refractivity contribution is 0.144. The largest absolute Gasteiger partial charge is 0.378 e. The molecule has 0 radical (unpaired) electrons. The third kappa shape index (κ3) is 6.14. The van der Waals surface area contributed by atoms with Gasteiger partial charge in [0.1, 0.15) is 0 Å². The van der Waals surface area contributed by atoms with Crippen LogP contribution in [-0.2, 0) is 4.74 Å². The van der Waals surface area contributed by atoms with Crippen LogP contribution in [-0.4, -0.2) is 24.0 Å². The maximum atomic E-state index is 5.89. The molecule has 0 aromatic heterocycles. The van der Waals surface area contributed by atoms with Crippen molar-refractivity contribution in [3.05, 3.63) is 24.3 Å². The van der Waals surface area contributed by atoms with E-state index >= 15 is 0 Å². The molecule has 0 N–H and O–H groups in total. The van der Waals surface area contributed by atoms with Crippen LogP contribution in [0, 0.1) is 0 Å². The summed E-state index contributed by atoms with van der Waals surface area (Å²) in [6.45, 7) is 12.1. The molecule has 0 aliphatic heterocycles. The number of ether oxygens (including phenoxy) is 1. The van der Waals surface area contributed by atoms with Crippen LogP contribution in [0.4, 0.5) is 0 Å². The smallest absolute Gasteiger partial charge is 0.0773 e. The molecule has 0 spiro atoms. The molecule has 2 unspecified atom stereocenters. The second-order valence-corrected chi connectivity index (χ2v) is 4.22. The predicted octanol–water partition coefficient (Wildman–Crippen LogP) is 3.37. The van der Waals surface area contributed by atoms with Crippen molar-refractivity contribution in [1.29, 1.82) is 0 Å². The molecule has 0 rings (SSSR count). The van der Waals surface area contributed by atoms with Crippen molar-refractivity contribution in [2.24, 2.45) is 0 Å². The molecule has 0 amide bonds. The molecule has 0 saturated carbocycles. The minimum atomic E-state index is -0.131. The van der Waals surface area contributed by atoms with Crippen LogP contribution in [0.3, 0.4) is 0 Å². The van der Waals surface area contributed by atoms with Gasteiger partial charge in [0, 0.05) is 0 Å². The molecule has 0 aromatic rings. The Morgan fingerprint density at radius 1 is 1.08 bits per heavy atom. The molecule has 1 nitrogen and oxygen atoms in total. The van der Waals surface area contributed by atoms with Crippen molar-refractivity contribution in [3.63, 3.8) is 0 Å². The van der Waals surface area contributed by atoms with Crippen molar-refractivity contribution < 1.29 is 4.74 Å². The van der Waals surface area contributed by atoms with Gasteiger partial charge in [0.05, 0.1) is 24.0 Å². The molecule has 0 aliphatic rings. The van der Waals surface area contributed by atoms with Gasteiger partial charge in [0.2, 0.25) is 0 Å². The van der Waals surface area contributed by atoms with Gasteiger partial charge < -0.3 is 4.74 Å². The highest BCUT2D eigenvalue weighted by molar-refractivity contribution is 6.22. The molecule has 76 valence electrons. The fourth-order valence-corrected chi connectivity index (χ4v) is 0.738. The molecule has 0 aromatic carbocycles. The van der Waals surface area contributed by atoms with Gasteiger partial charge in [0.15, 0.2) is 0 Å². The highest BCUT2D eigenvalue weighted by Crippen LogP contribution is 2.10. The lowest BCUT2D eigenvalue weighted by atomic mass is 10.2. The van der Waals surface area contributed by atoms with Crippen LogP contribution in [0.2, 0.25) is 0 Å². The number of alkyl halides is 2. The number of rotatable bonds is 6. The Balaban J connectivity index is 3.56. The monoisotopic (exact) mass is 222 g/mol. The van der Waals surface area contributed by atoms with Crippen LogP contribution >= 0.6 is 23.2 Å². The zero-order valence-electron chi connectivity index (χ0n) is 8.15. The molecule has 0 saturated heterocycles. The first kappa shape index (κ1) is 13.0. The molecule has 2 atom stereocenters. The van der Waals surface area contributed by atoms with E-state index in [1.165, 1.54) is 0 Å². The van der Waals surface area contributed by atoms with Crippen molar-refractivity contribution in [2.45, 2.75) is 24.6 Å². The molecule has 13 heavy (non-hydrogen) atoms. The van der Waals surface area contributed by atoms with E-state index in [-0.39, 0.29) is 10.8 Å². The van der Waals surface area contributed by atoms with Gasteiger partial charge in [-0.05, 0) is 13.8 Å². The van der Waals surface area contributed by atoms with Gasteiger partial charge in [-0.2, -0.15) is 0 Å². The Kier molecular flexibility index (Phi) is 6.48. The fraction of sp³-hybridized carbons (Fsp3) is 0.600. The van der Waals surface area contributed by atoms with E-state index in [9.17, 15) is 0 Å². The highest BCUT2D eigenvalue weighted by Gasteiger charge is 2.08. The maximum absolute atomic E-state index is 5.89. The Morgan fingerprint density at radius 2 is 1.38 bits per heavy atom. The quantitative estimate of drug-likeness (QED) is 0.495. The van der Waals surface area contributed by atoms with Crippen LogP contribution in [0.15, 0.2) is 24.3 Å². The first-order valence-corrected chi connectivity index (χ1v) is 4.99. The van der Waals surface area contributed by atoms with E-state index in [1.807, 2.05) is 13.8 Å². The first-order valence-electron chi connectivity index (χ1n) is 4.11. The standard InChI is InChI=1S/C10H16Cl2O/c1-7(2)9(11)5-13-6-10(12)8(3)4/h9-10H,1,3,5-6H2,2,4H3. The zero-order chi connectivity index (χ0) is 10.4. The van der Waals surface area contributed by atoms with Gasteiger partial charge in [-0.15, -0.1) is 23.2 Å². The van der Waals surface area contributed by atoms with Crippen molar-refractivity contribution in [3.8, 4) is 0 Å². The Bertz CT molecular complexity index is 169. The van der Waals surface area contributed by atoms with Gasteiger partial charge in [0.25, 0.3) is 0 Å². The van der Waals surface area contributed by atoms with Crippen molar-refractivity contribution in [1.82, 2.24) is 0 Å². The number of hydrogen-bond donors (Lipinski definition) is 0. The van der Waals surface area contributed by atoms with Gasteiger partial charge in [-0.25, -0.2) is 0 Å². The van der Waals surface area contributed by atoms with Crippen LogP contribution in [0.25, 0.3) is 0 Å². The zero-order valence-corrected chi connectivity index (χ0v) is 9.66. The molecule has 0 fully saturated rings. The molecular weight excluding hydrogens is 207 g/mol. The fourth-order valence-electron chi connectivity index (χ4n) is 0.559. The lowest BCUT2D eigenvalue weighted by Gasteiger charge is -2.12. The Hall–Kier alpha value is 0.0200. The summed E-state index contributed by atoms with van der Waals surface area (Å²) in [5.74, 6) is 0. The topological polar surface area (TPSA) is 9.23 Å². The second kappa shape index (κ2) is 6.47. The third-order valence-corrected chi connectivity index (χ3v) is 2.59. The SMILES string of the molecule is C=C(C)C(Cl)COCC(Cl)C(=C)C. The van der Waals surface area contributed by atoms with Crippen molar-refractivity contribution >= 4 is 23.2 Å². The Labute approximate surface area is 90.4 Å². The molecule has 3 heteroatoms. The number of halogens is 2. The first-order chi connectivity index (χ1) is 5.95. The van der Waals surface area contributed by atoms with Crippen LogP contribution in [0.5, 0.6) is 0 Å². The van der Waals surface area contributed by atoms with E-state index in [1.54, 1.807) is 0 Å².